The Morgan fingerprint density at radius 3 is 2.04 bits per heavy atom. The summed E-state index contributed by atoms with van der Waals surface area (Å²) in [6, 6.07) is 22.4. The van der Waals surface area contributed by atoms with Crippen LogP contribution in [0.5, 0.6) is 0 Å². The molecule has 0 saturated carbocycles. The standard InChI is InChI=1S/C20H19NO2S/c1-15-6-12-20(13-7-15)24(22,23)21-19-10-8-17(9-11-19)18-5-3-4-16(2)14-18/h3-14,21H,1-2H3/p+1. The summed E-state index contributed by atoms with van der Waals surface area (Å²) in [5.74, 6) is 0. The van der Waals surface area contributed by atoms with Crippen LogP contribution in [0.15, 0.2) is 77.7 Å². The molecule has 0 radical (unpaired) electrons. The monoisotopic (exact) mass is 338 g/mol. The van der Waals surface area contributed by atoms with Crippen molar-refractivity contribution in [2.24, 2.45) is 0 Å². The Morgan fingerprint density at radius 1 is 0.750 bits per heavy atom. The predicted octanol–water partition coefficient (Wildman–Crippen LogP) is 4.88. The molecule has 3 nitrogen and oxygen atoms in total. The fourth-order valence-corrected chi connectivity index (χ4v) is 3.55. The van der Waals surface area contributed by atoms with Crippen molar-refractivity contribution >= 4 is 15.7 Å². The molecule has 0 fully saturated rings. The Balaban J connectivity index is 0.00000225. The number of anilines is 1. The Morgan fingerprint density at radius 2 is 1.42 bits per heavy atom. The molecule has 0 aromatic heterocycles. The Bertz CT molecular complexity index is 950. The number of nitrogens with one attached hydrogen (secondary N) is 1. The van der Waals surface area contributed by atoms with E-state index in [9.17, 15) is 8.42 Å². The molecule has 4 heteroatoms. The van der Waals surface area contributed by atoms with Crippen LogP contribution in [0.25, 0.3) is 11.1 Å². The zero-order valence-corrected chi connectivity index (χ0v) is 14.5. The van der Waals surface area contributed by atoms with Gasteiger partial charge in [0.1, 0.15) is 0 Å². The molecular weight excluding hydrogens is 318 g/mol. The van der Waals surface area contributed by atoms with Crippen molar-refractivity contribution in [2.45, 2.75) is 18.7 Å². The number of benzene rings is 3. The fourth-order valence-electron chi connectivity index (χ4n) is 2.49. The van der Waals surface area contributed by atoms with Crippen LogP contribution >= 0.6 is 0 Å². The van der Waals surface area contributed by atoms with Gasteiger partial charge in [-0.25, -0.2) is 8.42 Å². The van der Waals surface area contributed by atoms with Gasteiger partial charge in [-0.05, 0) is 49.2 Å². The molecular formula is C20H20NO2S+. The van der Waals surface area contributed by atoms with Crippen LogP contribution in [-0.2, 0) is 10.0 Å². The van der Waals surface area contributed by atoms with E-state index in [1.807, 2.05) is 44.2 Å². The van der Waals surface area contributed by atoms with Crippen LogP contribution in [0.1, 0.15) is 12.6 Å². The van der Waals surface area contributed by atoms with Gasteiger partial charge in [-0.3, -0.25) is 4.72 Å². The topological polar surface area (TPSA) is 46.2 Å². The Labute approximate surface area is 144 Å². The van der Waals surface area contributed by atoms with Gasteiger partial charge in [0.05, 0.1) is 4.90 Å². The Kier molecular flexibility index (Phi) is 4.40. The van der Waals surface area contributed by atoms with E-state index in [0.717, 1.165) is 16.7 Å². The maximum Gasteiger partial charge on any atom is 1.00 e. The highest BCUT2D eigenvalue weighted by molar-refractivity contribution is 7.92. The summed E-state index contributed by atoms with van der Waals surface area (Å²) in [5, 5.41) is 0. The van der Waals surface area contributed by atoms with Gasteiger partial charge in [0, 0.05) is 5.69 Å². The average molecular weight is 338 g/mol. The lowest BCUT2D eigenvalue weighted by Crippen LogP contribution is -2.12. The smallest absolute Gasteiger partial charge is 0.280 e. The molecule has 0 aliphatic heterocycles. The molecule has 3 aromatic carbocycles. The van der Waals surface area contributed by atoms with Gasteiger partial charge in [-0.15, -0.1) is 0 Å². The number of hydrogen-bond donors (Lipinski definition) is 1. The van der Waals surface area contributed by atoms with Crippen LogP contribution in [0.3, 0.4) is 0 Å². The fraction of sp³-hybridized carbons (Fsp3) is 0.100. The first kappa shape index (κ1) is 16.3. The molecule has 0 amide bonds. The highest BCUT2D eigenvalue weighted by Crippen LogP contribution is 2.23. The van der Waals surface area contributed by atoms with Crippen LogP contribution in [0.2, 0.25) is 0 Å². The van der Waals surface area contributed by atoms with Crippen LogP contribution in [0.4, 0.5) is 5.69 Å². The van der Waals surface area contributed by atoms with Crippen molar-refractivity contribution in [3.8, 4) is 11.1 Å². The van der Waals surface area contributed by atoms with Crippen LogP contribution in [-0.4, -0.2) is 8.42 Å². The molecule has 0 unspecified atom stereocenters. The van der Waals surface area contributed by atoms with E-state index >= 15 is 0 Å². The minimum atomic E-state index is -3.56. The molecule has 3 rings (SSSR count). The number of sulfonamides is 1. The lowest BCUT2D eigenvalue weighted by Gasteiger charge is -2.09. The number of aryl methyl sites for hydroxylation is 2. The summed E-state index contributed by atoms with van der Waals surface area (Å²) >= 11 is 0. The summed E-state index contributed by atoms with van der Waals surface area (Å²) in [4.78, 5) is 0.260. The second kappa shape index (κ2) is 6.49. The highest BCUT2D eigenvalue weighted by Gasteiger charge is 2.13. The lowest BCUT2D eigenvalue weighted by atomic mass is 10.0. The summed E-state index contributed by atoms with van der Waals surface area (Å²) in [6.45, 7) is 3.97. The molecule has 0 aliphatic rings. The highest BCUT2D eigenvalue weighted by atomic mass is 32.2. The number of rotatable bonds is 4. The van der Waals surface area contributed by atoms with Crippen molar-refractivity contribution in [3.05, 3.63) is 83.9 Å². The third-order valence-corrected chi connectivity index (χ3v) is 5.22. The molecule has 3 aromatic rings. The second-order valence-electron chi connectivity index (χ2n) is 5.87. The van der Waals surface area contributed by atoms with E-state index in [0.29, 0.717) is 5.69 Å². The zero-order valence-electron chi connectivity index (χ0n) is 14.7. The van der Waals surface area contributed by atoms with Crippen LogP contribution in [0, 0.1) is 13.8 Å². The van der Waals surface area contributed by atoms with Gasteiger partial charge >= 0.3 is 1.43 Å². The Hall–Kier alpha value is -2.59. The average Bonchev–Trinajstić information content (AvgIpc) is 2.55. The van der Waals surface area contributed by atoms with Gasteiger partial charge < -0.3 is 0 Å². The first-order valence-corrected chi connectivity index (χ1v) is 9.19. The minimum absolute atomic E-state index is 0. The molecule has 0 heterocycles. The van der Waals surface area contributed by atoms with E-state index in [2.05, 4.69) is 10.8 Å². The molecule has 0 saturated heterocycles. The van der Waals surface area contributed by atoms with Gasteiger partial charge in [0.15, 0.2) is 0 Å². The first-order valence-electron chi connectivity index (χ1n) is 7.71. The van der Waals surface area contributed by atoms with Crippen molar-refractivity contribution < 1.29 is 9.84 Å². The lowest BCUT2D eigenvalue weighted by molar-refractivity contribution is 0.601. The van der Waals surface area contributed by atoms with E-state index in [-0.39, 0.29) is 6.32 Å². The molecule has 0 aliphatic carbocycles. The molecule has 1 N–H and O–H groups in total. The summed E-state index contributed by atoms with van der Waals surface area (Å²) in [5.41, 5.74) is 4.93. The maximum atomic E-state index is 12.4. The maximum absolute atomic E-state index is 12.4. The van der Waals surface area contributed by atoms with E-state index in [1.165, 1.54) is 5.56 Å². The van der Waals surface area contributed by atoms with Gasteiger partial charge in [-0.2, -0.15) is 0 Å². The van der Waals surface area contributed by atoms with Crippen molar-refractivity contribution in [1.29, 1.82) is 0 Å². The van der Waals surface area contributed by atoms with E-state index in [4.69, 9.17) is 0 Å². The van der Waals surface area contributed by atoms with Crippen molar-refractivity contribution in [1.82, 2.24) is 0 Å². The predicted molar refractivity (Wildman–Crippen MR) is 99.7 cm³/mol. The largest absolute Gasteiger partial charge is 1.00 e. The molecule has 0 bridgehead atoms. The van der Waals surface area contributed by atoms with E-state index in [1.54, 1.807) is 36.4 Å². The summed E-state index contributed by atoms with van der Waals surface area (Å²) < 4.78 is 27.4. The van der Waals surface area contributed by atoms with E-state index < -0.39 is 10.0 Å². The van der Waals surface area contributed by atoms with Gasteiger partial charge in [-0.1, -0.05) is 59.7 Å². The first-order chi connectivity index (χ1) is 11.4. The van der Waals surface area contributed by atoms with Crippen molar-refractivity contribution in [2.75, 3.05) is 4.72 Å². The van der Waals surface area contributed by atoms with Crippen molar-refractivity contribution in [3.63, 3.8) is 0 Å². The quantitative estimate of drug-likeness (QED) is 0.736. The molecule has 0 atom stereocenters. The zero-order chi connectivity index (χ0) is 17.2. The van der Waals surface area contributed by atoms with Crippen LogP contribution < -0.4 is 4.72 Å². The van der Waals surface area contributed by atoms with Gasteiger partial charge in [0.25, 0.3) is 10.0 Å². The summed E-state index contributed by atoms with van der Waals surface area (Å²) in [6.07, 6.45) is 0. The minimum Gasteiger partial charge on any atom is -0.280 e. The van der Waals surface area contributed by atoms with Gasteiger partial charge in [0.2, 0.25) is 0 Å². The molecule has 24 heavy (non-hydrogen) atoms. The number of hydrogen-bond acceptors (Lipinski definition) is 2. The summed E-state index contributed by atoms with van der Waals surface area (Å²) in [7, 11) is -3.56. The SMILES string of the molecule is Cc1ccc(S(=O)(=O)Nc2ccc(-c3cccc(C)c3)cc2)cc1.[H+]. The molecule has 122 valence electrons. The normalized spacial score (nSPS) is 11.2. The second-order valence-corrected chi connectivity index (χ2v) is 7.55. The molecule has 0 spiro atoms. The third-order valence-electron chi connectivity index (χ3n) is 3.82. The third kappa shape index (κ3) is 3.66.